The van der Waals surface area contributed by atoms with Crippen LogP contribution in [0.15, 0.2) is 18.5 Å². The van der Waals surface area contributed by atoms with Gasteiger partial charge >= 0.3 is 0 Å². The molecule has 5 heteroatoms. The average Bonchev–Trinajstić information content (AvgIpc) is 2.80. The van der Waals surface area contributed by atoms with E-state index >= 15 is 0 Å². The zero-order chi connectivity index (χ0) is 10.3. The maximum absolute atomic E-state index is 5.86. The number of nitrogens with zero attached hydrogens (tertiary/aromatic N) is 4. The van der Waals surface area contributed by atoms with Crippen LogP contribution in [-0.2, 0) is 13.0 Å². The molecule has 2 N–H and O–H groups in total. The van der Waals surface area contributed by atoms with Crippen LogP contribution < -0.4 is 5.73 Å². The van der Waals surface area contributed by atoms with Gasteiger partial charge in [-0.05, 0) is 12.5 Å². The molecule has 0 amide bonds. The second-order valence-electron chi connectivity index (χ2n) is 3.66. The van der Waals surface area contributed by atoms with Crippen molar-refractivity contribution in [1.82, 2.24) is 19.7 Å². The van der Waals surface area contributed by atoms with Gasteiger partial charge in [0.2, 0.25) is 0 Å². The number of hydrogen-bond acceptors (Lipinski definition) is 4. The number of pyridine rings is 1. The van der Waals surface area contributed by atoms with Crippen LogP contribution in [0, 0.1) is 0 Å². The first-order chi connectivity index (χ1) is 7.36. The van der Waals surface area contributed by atoms with Crippen LogP contribution in [0.25, 0.3) is 11.4 Å². The van der Waals surface area contributed by atoms with Crippen LogP contribution in [0.3, 0.4) is 0 Å². The lowest BCUT2D eigenvalue weighted by molar-refractivity contribution is 0.748. The van der Waals surface area contributed by atoms with E-state index in [0.717, 1.165) is 36.6 Å². The normalized spacial score (nSPS) is 14.1. The van der Waals surface area contributed by atoms with E-state index in [-0.39, 0.29) is 0 Å². The highest BCUT2D eigenvalue weighted by atomic mass is 15.3. The molecule has 0 saturated heterocycles. The molecule has 15 heavy (non-hydrogen) atoms. The summed E-state index contributed by atoms with van der Waals surface area (Å²) in [4.78, 5) is 3.97. The van der Waals surface area contributed by atoms with Crippen molar-refractivity contribution in [3.63, 3.8) is 0 Å². The van der Waals surface area contributed by atoms with E-state index in [1.165, 1.54) is 0 Å². The van der Waals surface area contributed by atoms with Crippen LogP contribution >= 0.6 is 0 Å². The predicted octanol–water partition coefficient (Wildman–Crippen LogP) is 0.869. The van der Waals surface area contributed by atoms with Crippen LogP contribution in [0.2, 0.25) is 0 Å². The number of nitrogen functional groups attached to an aromatic ring is 1. The number of aryl methyl sites for hydroxylation is 1. The van der Waals surface area contributed by atoms with Crippen molar-refractivity contribution in [3.05, 3.63) is 24.3 Å². The highest BCUT2D eigenvalue weighted by molar-refractivity contribution is 5.70. The fraction of sp³-hybridized carbons (Fsp3) is 0.300. The highest BCUT2D eigenvalue weighted by Gasteiger charge is 2.19. The second kappa shape index (κ2) is 3.05. The van der Waals surface area contributed by atoms with Gasteiger partial charge in [0.25, 0.3) is 0 Å². The molecule has 3 heterocycles. The smallest absolute Gasteiger partial charge is 0.166 e. The Labute approximate surface area is 87.0 Å². The Hall–Kier alpha value is -1.91. The number of rotatable bonds is 1. The summed E-state index contributed by atoms with van der Waals surface area (Å²) in [6.45, 7) is 0.986. The summed E-state index contributed by atoms with van der Waals surface area (Å²) < 4.78 is 2.13. The molecule has 1 aliphatic rings. The Morgan fingerprint density at radius 3 is 3.13 bits per heavy atom. The van der Waals surface area contributed by atoms with Gasteiger partial charge < -0.3 is 10.3 Å². The SMILES string of the molecule is Nc1cnccc1-c1nnc2n1CCC2. The minimum Gasteiger partial charge on any atom is -0.397 e. The first-order valence-corrected chi connectivity index (χ1v) is 4.98. The molecule has 1 aliphatic heterocycles. The van der Waals surface area contributed by atoms with Crippen molar-refractivity contribution in [2.45, 2.75) is 19.4 Å². The summed E-state index contributed by atoms with van der Waals surface area (Å²) in [5.74, 6) is 1.92. The van der Waals surface area contributed by atoms with E-state index in [1.54, 1.807) is 12.4 Å². The Bertz CT molecular complexity index is 502. The van der Waals surface area contributed by atoms with Gasteiger partial charge in [-0.2, -0.15) is 0 Å². The van der Waals surface area contributed by atoms with Gasteiger partial charge in [-0.1, -0.05) is 0 Å². The molecule has 0 spiro atoms. The van der Waals surface area contributed by atoms with Gasteiger partial charge in [-0.25, -0.2) is 0 Å². The van der Waals surface area contributed by atoms with Gasteiger partial charge in [-0.3, -0.25) is 4.98 Å². The fourth-order valence-corrected chi connectivity index (χ4v) is 1.96. The lowest BCUT2D eigenvalue weighted by Gasteiger charge is -2.04. The van der Waals surface area contributed by atoms with Crippen molar-refractivity contribution < 1.29 is 0 Å². The molecule has 0 fully saturated rings. The summed E-state index contributed by atoms with van der Waals surface area (Å²) >= 11 is 0. The van der Waals surface area contributed by atoms with Crippen molar-refractivity contribution >= 4 is 5.69 Å². The van der Waals surface area contributed by atoms with Gasteiger partial charge in [0.15, 0.2) is 5.82 Å². The molecule has 0 bridgehead atoms. The number of nitrogens with two attached hydrogens (primary N) is 1. The van der Waals surface area contributed by atoms with Crippen LogP contribution in [-0.4, -0.2) is 19.7 Å². The van der Waals surface area contributed by atoms with E-state index in [0.29, 0.717) is 5.69 Å². The molecular formula is C10H11N5. The third-order valence-corrected chi connectivity index (χ3v) is 2.70. The lowest BCUT2D eigenvalue weighted by Crippen LogP contribution is -1.99. The van der Waals surface area contributed by atoms with Crippen molar-refractivity contribution in [2.75, 3.05) is 5.73 Å². The Balaban J connectivity index is 2.17. The van der Waals surface area contributed by atoms with Gasteiger partial charge in [0.05, 0.1) is 11.9 Å². The van der Waals surface area contributed by atoms with E-state index in [2.05, 4.69) is 19.7 Å². The Morgan fingerprint density at radius 2 is 2.27 bits per heavy atom. The number of hydrogen-bond donors (Lipinski definition) is 1. The number of aromatic nitrogens is 4. The molecule has 0 radical (unpaired) electrons. The van der Waals surface area contributed by atoms with E-state index in [4.69, 9.17) is 5.73 Å². The molecule has 3 rings (SSSR count). The first-order valence-electron chi connectivity index (χ1n) is 4.98. The average molecular weight is 201 g/mol. The molecule has 0 atom stereocenters. The summed E-state index contributed by atoms with van der Waals surface area (Å²) in [5, 5.41) is 8.33. The molecular weight excluding hydrogens is 190 g/mol. The van der Waals surface area contributed by atoms with Crippen LogP contribution in [0.1, 0.15) is 12.2 Å². The van der Waals surface area contributed by atoms with Crippen LogP contribution in [0.4, 0.5) is 5.69 Å². The van der Waals surface area contributed by atoms with Crippen molar-refractivity contribution in [1.29, 1.82) is 0 Å². The summed E-state index contributed by atoms with van der Waals surface area (Å²) in [6.07, 6.45) is 5.52. The van der Waals surface area contributed by atoms with E-state index in [1.807, 2.05) is 6.07 Å². The Morgan fingerprint density at radius 1 is 1.33 bits per heavy atom. The summed E-state index contributed by atoms with van der Waals surface area (Å²) in [7, 11) is 0. The topological polar surface area (TPSA) is 69.6 Å². The fourth-order valence-electron chi connectivity index (χ4n) is 1.96. The zero-order valence-electron chi connectivity index (χ0n) is 8.22. The molecule has 5 nitrogen and oxygen atoms in total. The van der Waals surface area contributed by atoms with Crippen molar-refractivity contribution in [2.24, 2.45) is 0 Å². The van der Waals surface area contributed by atoms with Crippen molar-refractivity contribution in [3.8, 4) is 11.4 Å². The van der Waals surface area contributed by atoms with Crippen LogP contribution in [0.5, 0.6) is 0 Å². The molecule has 0 aromatic carbocycles. The van der Waals surface area contributed by atoms with Gasteiger partial charge in [-0.15, -0.1) is 10.2 Å². The number of fused-ring (bicyclic) bond motifs is 1. The first kappa shape index (κ1) is 8.40. The third kappa shape index (κ3) is 1.20. The van der Waals surface area contributed by atoms with E-state index in [9.17, 15) is 0 Å². The van der Waals surface area contributed by atoms with Gasteiger partial charge in [0, 0.05) is 24.7 Å². The quantitative estimate of drug-likeness (QED) is 0.743. The summed E-state index contributed by atoms with van der Waals surface area (Å²) in [6, 6.07) is 1.88. The molecule has 76 valence electrons. The third-order valence-electron chi connectivity index (χ3n) is 2.70. The standard InChI is InChI=1S/C10H11N5/c11-8-6-12-4-3-7(8)10-14-13-9-2-1-5-15(9)10/h3-4,6H,1-2,5,11H2. The zero-order valence-corrected chi connectivity index (χ0v) is 8.22. The predicted molar refractivity (Wildman–Crippen MR) is 56.0 cm³/mol. The lowest BCUT2D eigenvalue weighted by atomic mass is 10.2. The highest BCUT2D eigenvalue weighted by Crippen LogP contribution is 2.26. The maximum Gasteiger partial charge on any atom is 0.166 e. The maximum atomic E-state index is 5.86. The summed E-state index contributed by atoms with van der Waals surface area (Å²) in [5.41, 5.74) is 7.44. The molecule has 0 unspecified atom stereocenters. The number of anilines is 1. The molecule has 0 saturated carbocycles. The minimum atomic E-state index is 0.652. The van der Waals surface area contributed by atoms with Gasteiger partial charge in [0.1, 0.15) is 5.82 Å². The monoisotopic (exact) mass is 201 g/mol. The molecule has 2 aromatic rings. The second-order valence-corrected chi connectivity index (χ2v) is 3.66. The minimum absolute atomic E-state index is 0.652. The van der Waals surface area contributed by atoms with E-state index < -0.39 is 0 Å². The Kier molecular flexibility index (Phi) is 1.71. The molecule has 0 aliphatic carbocycles. The molecule has 2 aromatic heterocycles. The largest absolute Gasteiger partial charge is 0.397 e.